The van der Waals surface area contributed by atoms with Crippen LogP contribution in [0.2, 0.25) is 0 Å². The van der Waals surface area contributed by atoms with Crippen LogP contribution in [-0.2, 0) is 18.9 Å². The molecular formula is C13H26O4. The van der Waals surface area contributed by atoms with E-state index in [-0.39, 0.29) is 0 Å². The predicted octanol–water partition coefficient (Wildman–Crippen LogP) is 2.02. The molecule has 4 nitrogen and oxygen atoms in total. The minimum atomic E-state index is 0.349. The third-order valence-electron chi connectivity index (χ3n) is 2.59. The molecule has 1 saturated heterocycles. The van der Waals surface area contributed by atoms with E-state index in [1.807, 2.05) is 0 Å². The lowest BCUT2D eigenvalue weighted by Gasteiger charge is -2.06. The van der Waals surface area contributed by atoms with Gasteiger partial charge in [0, 0.05) is 6.61 Å². The fourth-order valence-electron chi connectivity index (χ4n) is 1.45. The Morgan fingerprint density at radius 2 is 1.53 bits per heavy atom. The highest BCUT2D eigenvalue weighted by Gasteiger charge is 2.21. The minimum absolute atomic E-state index is 0.349. The van der Waals surface area contributed by atoms with Gasteiger partial charge in [-0.05, 0) is 6.42 Å². The van der Waals surface area contributed by atoms with Gasteiger partial charge in [0.15, 0.2) is 0 Å². The molecule has 0 unspecified atom stereocenters. The zero-order valence-electron chi connectivity index (χ0n) is 11.0. The zero-order chi connectivity index (χ0) is 12.2. The molecule has 0 bridgehead atoms. The lowest BCUT2D eigenvalue weighted by molar-refractivity contribution is 0.0112. The molecule has 0 spiro atoms. The third kappa shape index (κ3) is 10.7. The average Bonchev–Trinajstić information content (AvgIpc) is 3.15. The number of rotatable bonds is 13. The van der Waals surface area contributed by atoms with Crippen LogP contribution in [0.1, 0.15) is 32.6 Å². The summed E-state index contributed by atoms with van der Waals surface area (Å²) in [6.45, 7) is 7.28. The van der Waals surface area contributed by atoms with Crippen LogP contribution in [0, 0.1) is 0 Å². The van der Waals surface area contributed by atoms with E-state index in [2.05, 4.69) is 6.92 Å². The third-order valence-corrected chi connectivity index (χ3v) is 2.59. The van der Waals surface area contributed by atoms with Gasteiger partial charge in [0.05, 0.1) is 39.6 Å². The van der Waals surface area contributed by atoms with E-state index in [0.717, 1.165) is 13.2 Å². The molecule has 1 heterocycles. The summed E-state index contributed by atoms with van der Waals surface area (Å²) in [6, 6.07) is 0. The van der Waals surface area contributed by atoms with Crippen LogP contribution < -0.4 is 0 Å². The SMILES string of the molecule is CCCCCCOCCOCCOC[C@H]1CO1. The van der Waals surface area contributed by atoms with Gasteiger partial charge in [-0.25, -0.2) is 0 Å². The molecule has 0 aromatic rings. The van der Waals surface area contributed by atoms with Gasteiger partial charge in [0.2, 0.25) is 0 Å². The second kappa shape index (κ2) is 11.0. The quantitative estimate of drug-likeness (QED) is 0.368. The summed E-state index contributed by atoms with van der Waals surface area (Å²) in [7, 11) is 0. The molecule has 0 N–H and O–H groups in total. The normalized spacial score (nSPS) is 18.5. The van der Waals surface area contributed by atoms with Crippen LogP contribution in [-0.4, -0.2) is 52.4 Å². The fourth-order valence-corrected chi connectivity index (χ4v) is 1.45. The molecule has 0 radical (unpaired) electrons. The number of hydrogen-bond acceptors (Lipinski definition) is 4. The molecule has 1 aliphatic rings. The van der Waals surface area contributed by atoms with Gasteiger partial charge in [-0.15, -0.1) is 0 Å². The number of epoxide rings is 1. The van der Waals surface area contributed by atoms with Gasteiger partial charge in [-0.2, -0.15) is 0 Å². The van der Waals surface area contributed by atoms with Crippen LogP contribution in [0.15, 0.2) is 0 Å². The molecule has 1 fully saturated rings. The Morgan fingerprint density at radius 1 is 0.882 bits per heavy atom. The molecule has 0 aliphatic carbocycles. The monoisotopic (exact) mass is 246 g/mol. The molecule has 0 aromatic carbocycles. The van der Waals surface area contributed by atoms with E-state index in [1.165, 1.54) is 25.7 Å². The smallest absolute Gasteiger partial charge is 0.104 e. The first-order chi connectivity index (χ1) is 8.43. The van der Waals surface area contributed by atoms with Crippen molar-refractivity contribution in [3.8, 4) is 0 Å². The summed E-state index contributed by atoms with van der Waals surface area (Å²) in [5.74, 6) is 0. The highest BCUT2D eigenvalue weighted by atomic mass is 16.6. The van der Waals surface area contributed by atoms with Crippen LogP contribution in [0.25, 0.3) is 0 Å². The Hall–Kier alpha value is -0.160. The van der Waals surface area contributed by atoms with E-state index < -0.39 is 0 Å². The van der Waals surface area contributed by atoms with Crippen LogP contribution in [0.3, 0.4) is 0 Å². The summed E-state index contributed by atoms with van der Waals surface area (Å²) < 4.78 is 21.2. The molecule has 0 aromatic heterocycles. The van der Waals surface area contributed by atoms with Gasteiger partial charge in [0.25, 0.3) is 0 Å². The van der Waals surface area contributed by atoms with Gasteiger partial charge in [0.1, 0.15) is 6.10 Å². The maximum Gasteiger partial charge on any atom is 0.104 e. The standard InChI is InChI=1S/C13H26O4/c1-2-3-4-5-6-14-7-8-15-9-10-16-11-13-12-17-13/h13H,2-12H2,1H3/t13-/m0/s1. The van der Waals surface area contributed by atoms with Crippen LogP contribution in [0.5, 0.6) is 0 Å². The largest absolute Gasteiger partial charge is 0.379 e. The van der Waals surface area contributed by atoms with Crippen molar-refractivity contribution in [1.82, 2.24) is 0 Å². The van der Waals surface area contributed by atoms with E-state index in [1.54, 1.807) is 0 Å². The lowest BCUT2D eigenvalue weighted by Crippen LogP contribution is -2.11. The highest BCUT2D eigenvalue weighted by Crippen LogP contribution is 2.07. The molecule has 1 aliphatic heterocycles. The van der Waals surface area contributed by atoms with Crippen molar-refractivity contribution in [1.29, 1.82) is 0 Å². The predicted molar refractivity (Wildman–Crippen MR) is 66.3 cm³/mol. The molecule has 1 rings (SSSR count). The van der Waals surface area contributed by atoms with Gasteiger partial charge in [-0.1, -0.05) is 26.2 Å². The Morgan fingerprint density at radius 3 is 2.18 bits per heavy atom. The minimum Gasteiger partial charge on any atom is -0.379 e. The molecule has 17 heavy (non-hydrogen) atoms. The van der Waals surface area contributed by atoms with Crippen molar-refractivity contribution in [2.75, 3.05) is 46.2 Å². The van der Waals surface area contributed by atoms with Gasteiger partial charge >= 0.3 is 0 Å². The topological polar surface area (TPSA) is 40.2 Å². The number of ether oxygens (including phenoxy) is 4. The molecule has 0 saturated carbocycles. The highest BCUT2D eigenvalue weighted by molar-refractivity contribution is 4.66. The van der Waals surface area contributed by atoms with Crippen molar-refractivity contribution in [2.24, 2.45) is 0 Å². The lowest BCUT2D eigenvalue weighted by atomic mass is 10.2. The first-order valence-corrected chi connectivity index (χ1v) is 6.78. The Labute approximate surface area is 105 Å². The van der Waals surface area contributed by atoms with Crippen molar-refractivity contribution >= 4 is 0 Å². The average molecular weight is 246 g/mol. The van der Waals surface area contributed by atoms with Crippen LogP contribution >= 0.6 is 0 Å². The maximum absolute atomic E-state index is 5.45. The fraction of sp³-hybridized carbons (Fsp3) is 1.00. The van der Waals surface area contributed by atoms with Crippen molar-refractivity contribution in [2.45, 2.75) is 38.7 Å². The first-order valence-electron chi connectivity index (χ1n) is 6.78. The molecule has 0 amide bonds. The summed E-state index contributed by atoms with van der Waals surface area (Å²) in [6.07, 6.45) is 5.37. The number of unbranched alkanes of at least 4 members (excludes halogenated alkanes) is 3. The van der Waals surface area contributed by atoms with Crippen molar-refractivity contribution < 1.29 is 18.9 Å². The zero-order valence-corrected chi connectivity index (χ0v) is 11.0. The van der Waals surface area contributed by atoms with Crippen molar-refractivity contribution in [3.05, 3.63) is 0 Å². The molecule has 1 atom stereocenters. The van der Waals surface area contributed by atoms with Crippen LogP contribution in [0.4, 0.5) is 0 Å². The Bertz CT molecular complexity index is 159. The summed E-state index contributed by atoms with van der Waals surface area (Å²) in [5.41, 5.74) is 0. The summed E-state index contributed by atoms with van der Waals surface area (Å²) in [5, 5.41) is 0. The maximum atomic E-state index is 5.45. The molecular weight excluding hydrogens is 220 g/mol. The molecule has 102 valence electrons. The second-order valence-corrected chi connectivity index (χ2v) is 4.32. The van der Waals surface area contributed by atoms with E-state index >= 15 is 0 Å². The number of hydrogen-bond donors (Lipinski definition) is 0. The van der Waals surface area contributed by atoms with E-state index in [9.17, 15) is 0 Å². The van der Waals surface area contributed by atoms with E-state index in [0.29, 0.717) is 39.1 Å². The van der Waals surface area contributed by atoms with E-state index in [4.69, 9.17) is 18.9 Å². The Balaban J connectivity index is 1.61. The Kier molecular flexibility index (Phi) is 9.61. The summed E-state index contributed by atoms with van der Waals surface area (Å²) in [4.78, 5) is 0. The van der Waals surface area contributed by atoms with Gasteiger partial charge < -0.3 is 18.9 Å². The summed E-state index contributed by atoms with van der Waals surface area (Å²) >= 11 is 0. The first kappa shape index (κ1) is 14.9. The van der Waals surface area contributed by atoms with Crippen molar-refractivity contribution in [3.63, 3.8) is 0 Å². The second-order valence-electron chi connectivity index (χ2n) is 4.32. The molecule has 4 heteroatoms. The van der Waals surface area contributed by atoms with Gasteiger partial charge in [-0.3, -0.25) is 0 Å².